The number of nitrogens with zero attached hydrogens (tertiary/aromatic N) is 2. The third kappa shape index (κ3) is 19.0. The average Bonchev–Trinajstić information content (AvgIpc) is 4.51. The highest BCUT2D eigenvalue weighted by Crippen LogP contribution is 2.37. The summed E-state index contributed by atoms with van der Waals surface area (Å²) in [6.07, 6.45) is -1.78. The molecule has 85 heavy (non-hydrogen) atoms. The number of aliphatic hydroxyl groups excluding tert-OH is 3. The summed E-state index contributed by atoms with van der Waals surface area (Å²) >= 11 is 0. The molecule has 458 valence electrons. The number of benzene rings is 6. The minimum atomic E-state index is -2.34. The zero-order valence-corrected chi connectivity index (χ0v) is 51.6. The number of hydrogen-bond acceptors (Lipinski definition) is 16. The monoisotopic (exact) mass is 1180 g/mol. The van der Waals surface area contributed by atoms with Crippen LogP contribution in [0.15, 0.2) is 146 Å². The van der Waals surface area contributed by atoms with Gasteiger partial charge < -0.3 is 67.2 Å². The van der Waals surface area contributed by atoms with Crippen molar-refractivity contribution < 1.29 is 67.2 Å². The van der Waals surface area contributed by atoms with Gasteiger partial charge in [0.25, 0.3) is 0 Å². The summed E-state index contributed by atoms with van der Waals surface area (Å²) in [4.78, 5) is 14.3. The third-order valence-electron chi connectivity index (χ3n) is 16.5. The first kappa shape index (κ1) is 63.4. The fraction of sp³-hybridized carbons (Fsp3) is 0.471. The minimum absolute atomic E-state index is 0.0281. The predicted octanol–water partition coefficient (Wildman–Crippen LogP) is 8.43. The molecule has 0 amide bonds. The van der Waals surface area contributed by atoms with Crippen LogP contribution in [0.25, 0.3) is 0 Å². The maximum Gasteiger partial charge on any atom is 0.318 e. The highest BCUT2D eigenvalue weighted by atomic mass is 28.3. The van der Waals surface area contributed by atoms with Crippen LogP contribution in [0.3, 0.4) is 0 Å². The fourth-order valence-corrected chi connectivity index (χ4v) is 11.0. The summed E-state index contributed by atoms with van der Waals surface area (Å²) in [7, 11) is -0.818. The van der Waals surface area contributed by atoms with Gasteiger partial charge in [0.2, 0.25) is 0 Å². The van der Waals surface area contributed by atoms with Crippen LogP contribution in [0.2, 0.25) is 6.04 Å². The van der Waals surface area contributed by atoms with Crippen LogP contribution in [0.4, 0.5) is 0 Å². The molecule has 3 aliphatic heterocycles. The first-order valence-electron chi connectivity index (χ1n) is 29.9. The normalized spacial score (nSPS) is 18.1. The summed E-state index contributed by atoms with van der Waals surface area (Å²) in [5, 5.41) is 35.1. The Kier molecular flexibility index (Phi) is 22.1. The quantitative estimate of drug-likeness (QED) is 0.0165. The number of hydrogen-bond donors (Lipinski definition) is 4. The molecule has 0 aromatic heterocycles. The van der Waals surface area contributed by atoms with Gasteiger partial charge in [0.1, 0.15) is 111 Å². The zero-order valence-electron chi connectivity index (χ0n) is 50.5. The number of rotatable bonds is 37. The first-order valence-corrected chi connectivity index (χ1v) is 31.7. The van der Waals surface area contributed by atoms with E-state index in [4.69, 9.17) is 47.1 Å². The third-order valence-corrected chi connectivity index (χ3v) is 17.9. The molecule has 6 aromatic rings. The molecule has 0 saturated carbocycles. The topological polar surface area (TPSA) is 190 Å². The van der Waals surface area contributed by atoms with Crippen molar-refractivity contribution in [3.63, 3.8) is 0 Å². The second kappa shape index (κ2) is 29.6. The van der Waals surface area contributed by atoms with E-state index in [0.717, 1.165) is 70.4 Å². The molecule has 3 saturated heterocycles. The van der Waals surface area contributed by atoms with Gasteiger partial charge in [0.15, 0.2) is 0 Å². The summed E-state index contributed by atoms with van der Waals surface area (Å²) in [6.45, 7) is 18.5. The molecule has 17 heteroatoms. The van der Waals surface area contributed by atoms with Crippen LogP contribution < -0.4 is 28.4 Å². The van der Waals surface area contributed by atoms with Crippen molar-refractivity contribution in [1.29, 1.82) is 0 Å². The van der Waals surface area contributed by atoms with Gasteiger partial charge >= 0.3 is 9.28 Å². The Balaban J connectivity index is 0.822. The Morgan fingerprint density at radius 2 is 0.729 bits per heavy atom. The van der Waals surface area contributed by atoms with Crippen LogP contribution in [-0.4, -0.2) is 175 Å². The lowest BCUT2D eigenvalue weighted by atomic mass is 9.78. The van der Waals surface area contributed by atoms with E-state index < -0.39 is 27.7 Å². The van der Waals surface area contributed by atoms with Gasteiger partial charge in [-0.05, 0) is 125 Å². The Bertz CT molecular complexity index is 2940. The van der Waals surface area contributed by atoms with E-state index in [-0.39, 0.29) is 67.5 Å². The Labute approximate surface area is 503 Å². The first-order chi connectivity index (χ1) is 40.9. The summed E-state index contributed by atoms with van der Waals surface area (Å²) in [5.74, 6) is 4.27. The van der Waals surface area contributed by atoms with Gasteiger partial charge in [-0.3, -0.25) is 9.80 Å². The molecular formula is C68H88N2O14Si. The van der Waals surface area contributed by atoms with Gasteiger partial charge in [0.05, 0.1) is 19.8 Å². The van der Waals surface area contributed by atoms with Gasteiger partial charge in [-0.1, -0.05) is 114 Å². The maximum atomic E-state index is 11.9. The van der Waals surface area contributed by atoms with E-state index in [0.29, 0.717) is 69.2 Å². The van der Waals surface area contributed by atoms with E-state index in [9.17, 15) is 20.1 Å². The lowest BCUT2D eigenvalue weighted by Gasteiger charge is -2.33. The molecule has 6 aromatic carbocycles. The minimum Gasteiger partial charge on any atom is -0.491 e. The van der Waals surface area contributed by atoms with Crippen molar-refractivity contribution in [3.05, 3.63) is 179 Å². The molecule has 7 atom stereocenters. The summed E-state index contributed by atoms with van der Waals surface area (Å²) < 4.78 is 57.3. The highest BCUT2D eigenvalue weighted by molar-refractivity contribution is 6.42. The van der Waals surface area contributed by atoms with Crippen molar-refractivity contribution in [2.24, 2.45) is 0 Å². The molecule has 3 heterocycles. The second-order valence-electron chi connectivity index (χ2n) is 24.2. The van der Waals surface area contributed by atoms with Crippen molar-refractivity contribution in [2.75, 3.05) is 99.3 Å². The zero-order chi connectivity index (χ0) is 60.0. The molecule has 9 rings (SSSR count). The Morgan fingerprint density at radius 3 is 1.04 bits per heavy atom. The number of ether oxygens (including phenoxy) is 9. The molecule has 0 spiro atoms. The molecule has 0 bridgehead atoms. The second-order valence-corrected chi connectivity index (χ2v) is 26.1. The maximum absolute atomic E-state index is 11.9. The van der Waals surface area contributed by atoms with E-state index in [2.05, 4.69) is 95.0 Å². The van der Waals surface area contributed by atoms with E-state index in [1.165, 1.54) is 7.11 Å². The molecule has 0 aliphatic carbocycles. The van der Waals surface area contributed by atoms with E-state index >= 15 is 0 Å². The lowest BCUT2D eigenvalue weighted by Crippen LogP contribution is -2.49. The molecule has 7 unspecified atom stereocenters. The van der Waals surface area contributed by atoms with Gasteiger partial charge in [0, 0.05) is 49.5 Å². The predicted molar refractivity (Wildman–Crippen MR) is 329 cm³/mol. The van der Waals surface area contributed by atoms with Crippen LogP contribution in [0.1, 0.15) is 81.3 Å². The van der Waals surface area contributed by atoms with Crippen molar-refractivity contribution in [1.82, 2.24) is 9.80 Å². The standard InChI is InChI=1S/C68H88N2O14Si/c1-66(2,50-13-25-58(26-14-50)78-41-62-44-81-62)48-9-21-56(22-10-48)76-39-54(71)37-69(33-8-36-85(74)75-7)34-35-70(65(73)47-84-61-31-19-53(20-32-61)68(5,6)52-17-29-60(30-18-52)80-43-64-46-83-64)38-55(72)40-77-57-23-11-49(12-24-57)67(3,4)51-15-27-59(28-16-51)79-42-63-45-82-63/h9-32,54-55,62-65,71-74,85H,8,33-47H2,1-7H3. The SMILES string of the molecule is CO[SiH](O)CCCN(CCN(CC(O)COc1ccc(C(C)(C)c2ccc(OCC3CO3)cc2)cc1)C(O)COc1ccc(C(C)(C)c2ccc(OCC3CO3)cc2)cc1)CC(O)COc1ccc(C(C)(C)c2ccc(OCC3CO3)cc2)cc1. The highest BCUT2D eigenvalue weighted by Gasteiger charge is 2.30. The molecule has 16 nitrogen and oxygen atoms in total. The summed E-state index contributed by atoms with van der Waals surface area (Å²) in [6, 6.07) is 48.8. The van der Waals surface area contributed by atoms with E-state index in [1.54, 1.807) is 4.90 Å². The number of epoxide rings is 3. The fourth-order valence-electron chi connectivity index (χ4n) is 10.2. The number of aliphatic hydroxyl groups is 3. The molecule has 0 radical (unpaired) electrons. The van der Waals surface area contributed by atoms with Crippen LogP contribution >= 0.6 is 0 Å². The van der Waals surface area contributed by atoms with Crippen molar-refractivity contribution >= 4 is 9.28 Å². The Hall–Kier alpha value is -6.06. The molecule has 4 N–H and O–H groups in total. The molecule has 3 fully saturated rings. The van der Waals surface area contributed by atoms with E-state index in [1.807, 2.05) is 97.1 Å². The largest absolute Gasteiger partial charge is 0.491 e. The van der Waals surface area contributed by atoms with Gasteiger partial charge in [-0.15, -0.1) is 0 Å². The van der Waals surface area contributed by atoms with Crippen LogP contribution in [-0.2, 0) is 34.9 Å². The van der Waals surface area contributed by atoms with Crippen LogP contribution in [0.5, 0.6) is 34.5 Å². The summed E-state index contributed by atoms with van der Waals surface area (Å²) in [5.41, 5.74) is 5.83. The van der Waals surface area contributed by atoms with Gasteiger partial charge in [-0.25, -0.2) is 0 Å². The van der Waals surface area contributed by atoms with Crippen molar-refractivity contribution in [2.45, 2.75) is 107 Å². The molecular weight excluding hydrogens is 1100 g/mol. The van der Waals surface area contributed by atoms with Crippen LogP contribution in [0, 0.1) is 0 Å². The molecule has 3 aliphatic rings. The average molecular weight is 1190 g/mol. The van der Waals surface area contributed by atoms with Gasteiger partial charge in [-0.2, -0.15) is 0 Å². The Morgan fingerprint density at radius 1 is 0.435 bits per heavy atom. The smallest absolute Gasteiger partial charge is 0.318 e. The lowest BCUT2D eigenvalue weighted by molar-refractivity contribution is -0.0566. The van der Waals surface area contributed by atoms with Crippen molar-refractivity contribution in [3.8, 4) is 34.5 Å².